The molecule has 6 heteroatoms. The van der Waals surface area contributed by atoms with Crippen molar-refractivity contribution < 1.29 is 14.3 Å². The summed E-state index contributed by atoms with van der Waals surface area (Å²) < 4.78 is 7.48. The third kappa shape index (κ3) is 4.02. The first kappa shape index (κ1) is 15.4. The summed E-state index contributed by atoms with van der Waals surface area (Å²) in [6, 6.07) is 3.71. The summed E-state index contributed by atoms with van der Waals surface area (Å²) in [5, 5.41) is 12.4. The van der Waals surface area contributed by atoms with Crippen LogP contribution in [-0.2, 0) is 6.54 Å². The predicted octanol–water partition coefficient (Wildman–Crippen LogP) is 1.86. The highest BCUT2D eigenvalue weighted by Gasteiger charge is 2.25. The van der Waals surface area contributed by atoms with Crippen molar-refractivity contribution in [3.8, 4) is 11.8 Å². The molecule has 0 bridgehead atoms. The summed E-state index contributed by atoms with van der Waals surface area (Å²) >= 11 is 0. The molecule has 0 atom stereocenters. The van der Waals surface area contributed by atoms with E-state index in [1.807, 2.05) is 0 Å². The fraction of sp³-hybridized carbons (Fsp3) is 0.412. The molecule has 0 spiro atoms. The molecule has 1 aliphatic rings. The molecule has 2 heterocycles. The van der Waals surface area contributed by atoms with Crippen LogP contribution in [0, 0.1) is 11.8 Å². The predicted molar refractivity (Wildman–Crippen MR) is 83.6 cm³/mol. The Labute approximate surface area is 134 Å². The number of carbonyl (C=O) groups is 1. The van der Waals surface area contributed by atoms with E-state index in [4.69, 9.17) is 4.42 Å². The van der Waals surface area contributed by atoms with Crippen molar-refractivity contribution in [3.05, 3.63) is 41.9 Å². The smallest absolute Gasteiger partial charge is 0.287 e. The average molecular weight is 313 g/mol. The first-order valence-corrected chi connectivity index (χ1v) is 7.57. The number of furan rings is 1. The standard InChI is InChI=1S/C17H19N3O3/c1-17(2,22)8-7-14-5-6-15(23-14)16(21)19-10-13-9-18-11-20(13)12-3-4-12/h5-6,9,11-12,22H,3-4,10H2,1-2H3,(H,19,21). The zero-order valence-electron chi connectivity index (χ0n) is 13.2. The second kappa shape index (κ2) is 5.94. The van der Waals surface area contributed by atoms with Crippen LogP contribution < -0.4 is 5.32 Å². The molecule has 2 aromatic heterocycles. The van der Waals surface area contributed by atoms with Crippen LogP contribution in [0.1, 0.15) is 54.7 Å². The lowest BCUT2D eigenvalue weighted by Crippen LogP contribution is -2.23. The summed E-state index contributed by atoms with van der Waals surface area (Å²) in [6.45, 7) is 3.57. The van der Waals surface area contributed by atoms with Crippen LogP contribution in [0.3, 0.4) is 0 Å². The maximum absolute atomic E-state index is 12.1. The highest BCUT2D eigenvalue weighted by molar-refractivity contribution is 5.91. The molecule has 1 aliphatic carbocycles. The van der Waals surface area contributed by atoms with Gasteiger partial charge >= 0.3 is 0 Å². The number of rotatable bonds is 4. The van der Waals surface area contributed by atoms with Gasteiger partial charge in [-0.15, -0.1) is 0 Å². The van der Waals surface area contributed by atoms with Gasteiger partial charge in [0.15, 0.2) is 11.5 Å². The molecule has 0 aromatic carbocycles. The van der Waals surface area contributed by atoms with Gasteiger partial charge in [0.05, 0.1) is 18.6 Å². The van der Waals surface area contributed by atoms with E-state index < -0.39 is 5.60 Å². The van der Waals surface area contributed by atoms with Gasteiger partial charge in [0, 0.05) is 12.2 Å². The molecule has 2 aromatic rings. The number of hydrogen-bond donors (Lipinski definition) is 2. The van der Waals surface area contributed by atoms with Crippen LogP contribution in [0.25, 0.3) is 0 Å². The van der Waals surface area contributed by atoms with Gasteiger partial charge in [-0.25, -0.2) is 4.98 Å². The summed E-state index contributed by atoms with van der Waals surface area (Å²) in [4.78, 5) is 16.3. The topological polar surface area (TPSA) is 80.3 Å². The van der Waals surface area contributed by atoms with Gasteiger partial charge in [0.2, 0.25) is 0 Å². The van der Waals surface area contributed by atoms with Gasteiger partial charge in [-0.3, -0.25) is 4.79 Å². The fourth-order valence-corrected chi connectivity index (χ4v) is 2.15. The van der Waals surface area contributed by atoms with Crippen LogP contribution in [0.15, 0.2) is 29.1 Å². The SMILES string of the molecule is CC(C)(O)C#Cc1ccc(C(=O)NCc2cncn2C2CC2)o1. The molecule has 0 unspecified atom stereocenters. The first-order valence-electron chi connectivity index (χ1n) is 7.57. The number of imidazole rings is 1. The number of nitrogens with one attached hydrogen (secondary N) is 1. The minimum absolute atomic E-state index is 0.197. The van der Waals surface area contributed by atoms with E-state index in [0.717, 1.165) is 5.69 Å². The molecule has 3 rings (SSSR count). The summed E-state index contributed by atoms with van der Waals surface area (Å²) in [6.07, 6.45) is 5.90. The second-order valence-electron chi connectivity index (χ2n) is 6.18. The van der Waals surface area contributed by atoms with E-state index in [9.17, 15) is 9.90 Å². The molecule has 2 N–H and O–H groups in total. The number of amides is 1. The van der Waals surface area contributed by atoms with Gasteiger partial charge < -0.3 is 19.4 Å². The van der Waals surface area contributed by atoms with Crippen LogP contribution in [-0.4, -0.2) is 26.2 Å². The minimum atomic E-state index is -1.10. The molecule has 120 valence electrons. The highest BCUT2D eigenvalue weighted by atomic mass is 16.3. The Hall–Kier alpha value is -2.52. The molecule has 1 fully saturated rings. The Bertz CT molecular complexity index is 767. The number of nitrogens with zero attached hydrogens (tertiary/aromatic N) is 2. The summed E-state index contributed by atoms with van der Waals surface area (Å²) in [5.41, 5.74) is -0.120. The van der Waals surface area contributed by atoms with Crippen LogP contribution >= 0.6 is 0 Å². The molecular formula is C17H19N3O3. The fourth-order valence-electron chi connectivity index (χ4n) is 2.15. The van der Waals surface area contributed by atoms with Gasteiger partial charge in [0.25, 0.3) is 5.91 Å². The van der Waals surface area contributed by atoms with E-state index in [0.29, 0.717) is 18.3 Å². The van der Waals surface area contributed by atoms with Crippen molar-refractivity contribution >= 4 is 5.91 Å². The van der Waals surface area contributed by atoms with Crippen molar-refractivity contribution in [1.29, 1.82) is 0 Å². The lowest BCUT2D eigenvalue weighted by Gasteiger charge is -2.07. The Balaban J connectivity index is 1.61. The molecule has 1 saturated carbocycles. The highest BCUT2D eigenvalue weighted by Crippen LogP contribution is 2.35. The number of aliphatic hydroxyl groups is 1. The Kier molecular flexibility index (Phi) is 3.97. The Morgan fingerprint density at radius 2 is 2.30 bits per heavy atom. The summed E-state index contributed by atoms with van der Waals surface area (Å²) in [7, 11) is 0. The van der Waals surface area contributed by atoms with E-state index in [1.54, 1.807) is 38.5 Å². The van der Waals surface area contributed by atoms with Crippen molar-refractivity contribution in [1.82, 2.24) is 14.9 Å². The third-order valence-corrected chi connectivity index (χ3v) is 3.44. The maximum atomic E-state index is 12.1. The third-order valence-electron chi connectivity index (χ3n) is 3.44. The van der Waals surface area contributed by atoms with Crippen LogP contribution in [0.5, 0.6) is 0 Å². The lowest BCUT2D eigenvalue weighted by atomic mass is 10.1. The van der Waals surface area contributed by atoms with Crippen LogP contribution in [0.4, 0.5) is 0 Å². The molecule has 23 heavy (non-hydrogen) atoms. The molecule has 0 radical (unpaired) electrons. The van der Waals surface area contributed by atoms with Crippen LogP contribution in [0.2, 0.25) is 0 Å². The molecule has 0 aliphatic heterocycles. The maximum Gasteiger partial charge on any atom is 0.287 e. The number of hydrogen-bond acceptors (Lipinski definition) is 4. The number of aromatic nitrogens is 2. The largest absolute Gasteiger partial charge is 0.443 e. The summed E-state index contributed by atoms with van der Waals surface area (Å²) in [5.74, 6) is 5.58. The number of carbonyl (C=O) groups excluding carboxylic acids is 1. The van der Waals surface area contributed by atoms with E-state index >= 15 is 0 Å². The Morgan fingerprint density at radius 3 is 3.00 bits per heavy atom. The van der Waals surface area contributed by atoms with Gasteiger partial charge in [-0.1, -0.05) is 5.92 Å². The van der Waals surface area contributed by atoms with E-state index in [1.165, 1.54) is 12.8 Å². The molecule has 6 nitrogen and oxygen atoms in total. The average Bonchev–Trinajstić information content (AvgIpc) is 3.04. The van der Waals surface area contributed by atoms with Gasteiger partial charge in [0.1, 0.15) is 5.60 Å². The van der Waals surface area contributed by atoms with Gasteiger partial charge in [-0.2, -0.15) is 0 Å². The molecule has 0 saturated heterocycles. The molecular weight excluding hydrogens is 294 g/mol. The van der Waals surface area contributed by atoms with E-state index in [2.05, 4.69) is 26.7 Å². The van der Waals surface area contributed by atoms with Gasteiger partial charge in [-0.05, 0) is 44.7 Å². The zero-order chi connectivity index (χ0) is 16.4. The second-order valence-corrected chi connectivity index (χ2v) is 6.18. The minimum Gasteiger partial charge on any atom is -0.443 e. The quantitative estimate of drug-likeness (QED) is 0.844. The first-order chi connectivity index (χ1) is 10.9. The van der Waals surface area contributed by atoms with Crippen molar-refractivity contribution in [2.24, 2.45) is 0 Å². The Morgan fingerprint density at radius 1 is 1.52 bits per heavy atom. The van der Waals surface area contributed by atoms with Crippen molar-refractivity contribution in [3.63, 3.8) is 0 Å². The van der Waals surface area contributed by atoms with Crippen molar-refractivity contribution in [2.45, 2.75) is 44.9 Å². The lowest BCUT2D eigenvalue weighted by molar-refractivity contribution is 0.0921. The normalized spacial score (nSPS) is 14.2. The zero-order valence-corrected chi connectivity index (χ0v) is 13.2. The van der Waals surface area contributed by atoms with E-state index in [-0.39, 0.29) is 11.7 Å². The van der Waals surface area contributed by atoms with Crippen molar-refractivity contribution in [2.75, 3.05) is 0 Å². The molecule has 1 amide bonds. The monoisotopic (exact) mass is 313 g/mol.